The van der Waals surface area contributed by atoms with Gasteiger partial charge in [0.15, 0.2) is 0 Å². The van der Waals surface area contributed by atoms with Crippen molar-refractivity contribution in [1.29, 1.82) is 0 Å². The summed E-state index contributed by atoms with van der Waals surface area (Å²) in [5.41, 5.74) is 1.42. The van der Waals surface area contributed by atoms with E-state index >= 15 is 0 Å². The molecule has 1 aromatic carbocycles. The molecule has 0 bridgehead atoms. The van der Waals surface area contributed by atoms with Crippen LogP contribution in [-0.2, 0) is 11.8 Å². The lowest BCUT2D eigenvalue weighted by molar-refractivity contribution is 0.0526. The third-order valence-corrected chi connectivity index (χ3v) is 3.34. The van der Waals surface area contributed by atoms with Crippen LogP contribution in [-0.4, -0.2) is 24.3 Å². The van der Waals surface area contributed by atoms with E-state index in [1.807, 2.05) is 17.8 Å². The van der Waals surface area contributed by atoms with Crippen LogP contribution >= 0.6 is 15.9 Å². The Morgan fingerprint density at radius 1 is 1.44 bits per heavy atom. The number of carbonyl (C=O) groups excluding carboxylic acids is 1. The molecule has 0 spiro atoms. The summed E-state index contributed by atoms with van der Waals surface area (Å²) in [6.45, 7) is 2.14. The van der Waals surface area contributed by atoms with E-state index in [9.17, 15) is 4.79 Å². The van der Waals surface area contributed by atoms with Crippen LogP contribution in [0.25, 0.3) is 10.9 Å². The summed E-state index contributed by atoms with van der Waals surface area (Å²) < 4.78 is 13.2. The smallest absolute Gasteiger partial charge is 0.338 e. The molecule has 18 heavy (non-hydrogen) atoms. The number of nitrogens with zero attached hydrogens (tertiary/aromatic N) is 1. The number of fused-ring (bicyclic) bond motifs is 1. The van der Waals surface area contributed by atoms with Crippen LogP contribution in [0.3, 0.4) is 0 Å². The maximum Gasteiger partial charge on any atom is 0.338 e. The highest BCUT2D eigenvalue weighted by Crippen LogP contribution is 2.35. The van der Waals surface area contributed by atoms with Crippen LogP contribution in [0, 0.1) is 0 Å². The average molecular weight is 312 g/mol. The van der Waals surface area contributed by atoms with Crippen LogP contribution in [0.4, 0.5) is 0 Å². The van der Waals surface area contributed by atoms with Gasteiger partial charge >= 0.3 is 5.97 Å². The summed E-state index contributed by atoms with van der Waals surface area (Å²) >= 11 is 3.48. The van der Waals surface area contributed by atoms with Crippen molar-refractivity contribution in [3.05, 3.63) is 28.4 Å². The zero-order chi connectivity index (χ0) is 13.3. The number of rotatable bonds is 3. The third-order valence-electron chi connectivity index (χ3n) is 2.74. The van der Waals surface area contributed by atoms with Crippen LogP contribution in [0.2, 0.25) is 0 Å². The first kappa shape index (κ1) is 13.0. The standard InChI is InChI=1S/C13H14BrNO3/c1-4-18-13(16)8-5-10-12(11(6-8)17-3)9(14)7-15(10)2/h5-7H,4H2,1-3H3. The second-order valence-electron chi connectivity index (χ2n) is 3.88. The van der Waals surface area contributed by atoms with Crippen LogP contribution in [0.1, 0.15) is 17.3 Å². The molecule has 0 aliphatic rings. The lowest BCUT2D eigenvalue weighted by Crippen LogP contribution is -2.05. The molecule has 0 amide bonds. The van der Waals surface area contributed by atoms with Gasteiger partial charge in [0.05, 0.1) is 30.2 Å². The topological polar surface area (TPSA) is 40.5 Å². The molecule has 1 aromatic heterocycles. The van der Waals surface area contributed by atoms with Gasteiger partial charge in [0.25, 0.3) is 0 Å². The predicted octanol–water partition coefficient (Wildman–Crippen LogP) is 3.13. The van der Waals surface area contributed by atoms with E-state index in [-0.39, 0.29) is 5.97 Å². The van der Waals surface area contributed by atoms with E-state index in [1.165, 1.54) is 0 Å². The van der Waals surface area contributed by atoms with Gasteiger partial charge in [-0.2, -0.15) is 0 Å². The zero-order valence-electron chi connectivity index (χ0n) is 10.5. The maximum absolute atomic E-state index is 11.8. The first-order chi connectivity index (χ1) is 8.58. The first-order valence-corrected chi connectivity index (χ1v) is 6.37. The fourth-order valence-electron chi connectivity index (χ4n) is 1.92. The molecule has 2 rings (SSSR count). The van der Waals surface area contributed by atoms with Gasteiger partial charge in [0.2, 0.25) is 0 Å². The van der Waals surface area contributed by atoms with E-state index in [1.54, 1.807) is 26.2 Å². The Labute approximate surface area is 114 Å². The van der Waals surface area contributed by atoms with E-state index in [2.05, 4.69) is 15.9 Å². The number of benzene rings is 1. The predicted molar refractivity (Wildman–Crippen MR) is 73.1 cm³/mol. The van der Waals surface area contributed by atoms with Crippen LogP contribution < -0.4 is 4.74 Å². The van der Waals surface area contributed by atoms with Gasteiger partial charge in [-0.15, -0.1) is 0 Å². The minimum Gasteiger partial charge on any atom is -0.496 e. The summed E-state index contributed by atoms with van der Waals surface area (Å²) in [6, 6.07) is 3.51. The highest BCUT2D eigenvalue weighted by molar-refractivity contribution is 9.10. The number of hydrogen-bond donors (Lipinski definition) is 0. The van der Waals surface area contributed by atoms with Crippen molar-refractivity contribution in [3.63, 3.8) is 0 Å². The molecular weight excluding hydrogens is 298 g/mol. The molecule has 4 nitrogen and oxygen atoms in total. The van der Waals surface area contributed by atoms with Crippen molar-refractivity contribution in [1.82, 2.24) is 4.57 Å². The third kappa shape index (κ3) is 2.10. The Balaban J connectivity index is 2.65. The minimum atomic E-state index is -0.338. The van der Waals surface area contributed by atoms with Gasteiger partial charge in [-0.25, -0.2) is 4.79 Å². The zero-order valence-corrected chi connectivity index (χ0v) is 12.1. The van der Waals surface area contributed by atoms with Gasteiger partial charge in [-0.1, -0.05) is 0 Å². The fourth-order valence-corrected chi connectivity index (χ4v) is 2.62. The van der Waals surface area contributed by atoms with Crippen LogP contribution in [0.15, 0.2) is 22.8 Å². The Hall–Kier alpha value is -1.49. The Morgan fingerprint density at radius 3 is 2.78 bits per heavy atom. The van der Waals surface area contributed by atoms with Crippen molar-refractivity contribution in [3.8, 4) is 5.75 Å². The van der Waals surface area contributed by atoms with Gasteiger partial charge in [0.1, 0.15) is 5.75 Å². The number of halogens is 1. The Morgan fingerprint density at radius 2 is 2.17 bits per heavy atom. The Bertz CT molecular complexity index is 604. The second-order valence-corrected chi connectivity index (χ2v) is 4.74. The number of methoxy groups -OCH3 is 1. The summed E-state index contributed by atoms with van der Waals surface area (Å²) in [6.07, 6.45) is 1.93. The summed E-state index contributed by atoms with van der Waals surface area (Å²) in [5, 5.41) is 0.952. The highest BCUT2D eigenvalue weighted by atomic mass is 79.9. The van der Waals surface area contributed by atoms with Gasteiger partial charge in [-0.3, -0.25) is 0 Å². The molecule has 0 fully saturated rings. The molecule has 0 N–H and O–H groups in total. The number of hydrogen-bond acceptors (Lipinski definition) is 3. The lowest BCUT2D eigenvalue weighted by atomic mass is 10.1. The molecule has 0 aliphatic carbocycles. The van der Waals surface area contributed by atoms with Crippen molar-refractivity contribution < 1.29 is 14.3 Å². The van der Waals surface area contributed by atoms with E-state index < -0.39 is 0 Å². The lowest BCUT2D eigenvalue weighted by Gasteiger charge is -2.07. The van der Waals surface area contributed by atoms with Gasteiger partial charge in [-0.05, 0) is 35.0 Å². The number of carbonyl (C=O) groups is 1. The minimum absolute atomic E-state index is 0.338. The summed E-state index contributed by atoms with van der Waals surface area (Å²) in [5.74, 6) is 0.318. The van der Waals surface area contributed by atoms with Crippen LogP contribution in [0.5, 0.6) is 5.75 Å². The van der Waals surface area contributed by atoms with E-state index in [4.69, 9.17) is 9.47 Å². The van der Waals surface area contributed by atoms with Gasteiger partial charge < -0.3 is 14.0 Å². The SMILES string of the molecule is CCOC(=O)c1cc(OC)c2c(Br)cn(C)c2c1. The molecule has 0 unspecified atom stereocenters. The number of esters is 1. The second kappa shape index (κ2) is 5.02. The van der Waals surface area contributed by atoms with E-state index in [0.717, 1.165) is 15.4 Å². The fraction of sp³-hybridized carbons (Fsp3) is 0.308. The maximum atomic E-state index is 11.8. The molecule has 0 atom stereocenters. The average Bonchev–Trinajstić information content (AvgIpc) is 2.64. The molecule has 0 radical (unpaired) electrons. The normalized spacial score (nSPS) is 10.7. The molecule has 0 saturated carbocycles. The number of aromatic nitrogens is 1. The number of ether oxygens (including phenoxy) is 2. The molecule has 0 saturated heterocycles. The highest BCUT2D eigenvalue weighted by Gasteiger charge is 2.15. The largest absolute Gasteiger partial charge is 0.496 e. The first-order valence-electron chi connectivity index (χ1n) is 5.58. The Kier molecular flexibility index (Phi) is 3.61. The molecule has 5 heteroatoms. The molecule has 0 aliphatic heterocycles. The molecule has 1 heterocycles. The van der Waals surface area contributed by atoms with Crippen molar-refractivity contribution in [2.75, 3.05) is 13.7 Å². The van der Waals surface area contributed by atoms with Crippen molar-refractivity contribution >= 4 is 32.8 Å². The molecule has 2 aromatic rings. The monoisotopic (exact) mass is 311 g/mol. The summed E-state index contributed by atoms with van der Waals surface area (Å²) in [4.78, 5) is 11.8. The molecular formula is C13H14BrNO3. The number of aryl methyl sites for hydroxylation is 1. The van der Waals surface area contributed by atoms with Crippen molar-refractivity contribution in [2.45, 2.75) is 6.92 Å². The molecule has 96 valence electrons. The van der Waals surface area contributed by atoms with Crippen molar-refractivity contribution in [2.24, 2.45) is 7.05 Å². The van der Waals surface area contributed by atoms with Gasteiger partial charge in [0, 0.05) is 17.7 Å². The quantitative estimate of drug-likeness (QED) is 0.818. The summed E-state index contributed by atoms with van der Waals surface area (Å²) in [7, 11) is 3.50. The van der Waals surface area contributed by atoms with E-state index in [0.29, 0.717) is 17.9 Å².